The Bertz CT molecular complexity index is 761. The average Bonchev–Trinajstić information content (AvgIpc) is 2.72. The van der Waals surface area contributed by atoms with Crippen molar-refractivity contribution in [1.29, 1.82) is 0 Å². The Hall–Kier alpha value is -1.59. The van der Waals surface area contributed by atoms with E-state index in [2.05, 4.69) is 61.5 Å². The number of amides is 1. The van der Waals surface area contributed by atoms with E-state index in [4.69, 9.17) is 5.73 Å². The molecule has 0 unspecified atom stereocenters. The molecule has 2 atom stereocenters. The van der Waals surface area contributed by atoms with Gasteiger partial charge in [-0.25, -0.2) is 0 Å². The zero-order valence-electron chi connectivity index (χ0n) is 18.2. The summed E-state index contributed by atoms with van der Waals surface area (Å²) >= 11 is 0. The van der Waals surface area contributed by atoms with Gasteiger partial charge in [-0.15, -0.1) is 24.8 Å². The van der Waals surface area contributed by atoms with E-state index in [0.717, 1.165) is 25.9 Å². The molecule has 166 valence electrons. The maximum absolute atomic E-state index is 13.3. The number of rotatable bonds is 6. The van der Waals surface area contributed by atoms with Crippen LogP contribution in [0, 0.1) is 5.92 Å². The molecule has 6 heteroatoms. The highest BCUT2D eigenvalue weighted by molar-refractivity contribution is 5.85. The molecule has 30 heavy (non-hydrogen) atoms. The number of halogens is 2. The third-order valence-corrected chi connectivity index (χ3v) is 6.32. The molecule has 0 saturated carbocycles. The second-order valence-electron chi connectivity index (χ2n) is 8.27. The van der Waals surface area contributed by atoms with Crippen LogP contribution in [0.5, 0.6) is 0 Å². The summed E-state index contributed by atoms with van der Waals surface area (Å²) in [6.45, 7) is 3.48. The molecule has 2 N–H and O–H groups in total. The van der Waals surface area contributed by atoms with Crippen molar-refractivity contribution in [3.05, 3.63) is 71.8 Å². The number of piperidine rings is 1. The second-order valence-corrected chi connectivity index (χ2v) is 8.27. The summed E-state index contributed by atoms with van der Waals surface area (Å²) in [6.07, 6.45) is 2.57. The van der Waals surface area contributed by atoms with Gasteiger partial charge in [0.25, 0.3) is 0 Å². The maximum atomic E-state index is 13.3. The molecule has 1 aliphatic rings. The van der Waals surface area contributed by atoms with Crippen LogP contribution in [0.15, 0.2) is 60.7 Å². The number of nitrogens with zero attached hydrogens (tertiary/aromatic N) is 2. The van der Waals surface area contributed by atoms with E-state index in [1.165, 1.54) is 11.1 Å². The van der Waals surface area contributed by atoms with Gasteiger partial charge in [-0.1, -0.05) is 60.7 Å². The largest absolute Gasteiger partial charge is 0.342 e. The molecule has 1 aliphatic heterocycles. The summed E-state index contributed by atoms with van der Waals surface area (Å²) in [5.41, 5.74) is 8.72. The molecule has 0 aromatic heterocycles. The fraction of sp³-hybridized carbons (Fsp3) is 0.458. The number of hydrogen-bond donors (Lipinski definition) is 1. The summed E-state index contributed by atoms with van der Waals surface area (Å²) in [7, 11) is 4.29. The Labute approximate surface area is 193 Å². The van der Waals surface area contributed by atoms with Gasteiger partial charge in [-0.3, -0.25) is 9.69 Å². The zero-order valence-corrected chi connectivity index (χ0v) is 19.8. The van der Waals surface area contributed by atoms with Crippen molar-refractivity contribution < 1.29 is 4.79 Å². The van der Waals surface area contributed by atoms with Crippen molar-refractivity contribution in [2.75, 3.05) is 27.2 Å². The second kappa shape index (κ2) is 11.7. The quantitative estimate of drug-likeness (QED) is 0.718. The Kier molecular flexibility index (Phi) is 10.3. The first-order chi connectivity index (χ1) is 13.4. The third-order valence-electron chi connectivity index (χ3n) is 6.32. The van der Waals surface area contributed by atoms with E-state index >= 15 is 0 Å². The van der Waals surface area contributed by atoms with Gasteiger partial charge in [0.1, 0.15) is 0 Å². The first-order valence-electron chi connectivity index (χ1n) is 10.3. The molecule has 1 amide bonds. The average molecular weight is 452 g/mol. The van der Waals surface area contributed by atoms with Crippen LogP contribution in [0.4, 0.5) is 0 Å². The van der Waals surface area contributed by atoms with E-state index in [1.807, 2.05) is 30.0 Å². The number of benzene rings is 2. The van der Waals surface area contributed by atoms with Gasteiger partial charge in [0, 0.05) is 24.7 Å². The normalized spacial score (nSPS) is 17.4. The van der Waals surface area contributed by atoms with Crippen LogP contribution in [-0.4, -0.2) is 48.9 Å². The molecule has 2 aromatic rings. The monoisotopic (exact) mass is 451 g/mol. The lowest BCUT2D eigenvalue weighted by Gasteiger charge is -2.47. The molecule has 1 heterocycles. The van der Waals surface area contributed by atoms with E-state index in [1.54, 1.807) is 0 Å². The van der Waals surface area contributed by atoms with Crippen LogP contribution < -0.4 is 5.73 Å². The van der Waals surface area contributed by atoms with Gasteiger partial charge < -0.3 is 10.6 Å². The number of carbonyl (C=O) groups excluding carboxylic acids is 1. The van der Waals surface area contributed by atoms with Crippen molar-refractivity contribution in [2.24, 2.45) is 11.7 Å². The first kappa shape index (κ1) is 26.4. The first-order valence-corrected chi connectivity index (χ1v) is 10.3. The topological polar surface area (TPSA) is 49.6 Å². The molecule has 2 aromatic carbocycles. The number of likely N-dealkylation sites (tertiary alicyclic amines) is 1. The van der Waals surface area contributed by atoms with Crippen LogP contribution >= 0.6 is 24.8 Å². The van der Waals surface area contributed by atoms with Crippen molar-refractivity contribution in [3.8, 4) is 0 Å². The summed E-state index contributed by atoms with van der Waals surface area (Å²) in [4.78, 5) is 17.6. The van der Waals surface area contributed by atoms with Crippen molar-refractivity contribution in [1.82, 2.24) is 9.80 Å². The van der Waals surface area contributed by atoms with Gasteiger partial charge in [-0.05, 0) is 51.4 Å². The van der Waals surface area contributed by atoms with E-state index in [0.29, 0.717) is 6.42 Å². The van der Waals surface area contributed by atoms with Crippen LogP contribution in [0.3, 0.4) is 0 Å². The molecule has 0 aliphatic carbocycles. The number of nitrogens with two attached hydrogens (primary N) is 1. The molecular formula is C24H35Cl2N3O. The lowest BCUT2D eigenvalue weighted by atomic mass is 9.79. The molecule has 1 saturated heterocycles. The summed E-state index contributed by atoms with van der Waals surface area (Å²) < 4.78 is 0. The van der Waals surface area contributed by atoms with E-state index < -0.39 is 0 Å². The van der Waals surface area contributed by atoms with Gasteiger partial charge in [0.05, 0.1) is 5.92 Å². The van der Waals surface area contributed by atoms with Crippen molar-refractivity contribution in [3.63, 3.8) is 0 Å². The SMILES string of the molecule is C[C@@H](N)[C@@H](Cc1ccccc1)C(=O)N1CCC(c2ccccc2)(N(C)C)CC1.Cl.Cl. The Balaban J connectivity index is 0.00000225. The molecular weight excluding hydrogens is 417 g/mol. The van der Waals surface area contributed by atoms with E-state index in [9.17, 15) is 4.79 Å². The molecule has 0 bridgehead atoms. The minimum atomic E-state index is -0.175. The summed E-state index contributed by atoms with van der Waals surface area (Å²) in [6, 6.07) is 20.7. The predicted octanol–water partition coefficient (Wildman–Crippen LogP) is 4.12. The Morgan fingerprint density at radius 2 is 1.50 bits per heavy atom. The highest BCUT2D eigenvalue weighted by Crippen LogP contribution is 2.37. The standard InChI is InChI=1S/C24H33N3O.2ClH/c1-19(25)22(18-20-10-6-4-7-11-20)23(28)27-16-14-24(15-17-27,26(2)3)21-12-8-5-9-13-21;;/h4-13,19,22H,14-18,25H2,1-3H3;2*1H/t19-,22-;;/m1../s1. The van der Waals surface area contributed by atoms with Gasteiger partial charge >= 0.3 is 0 Å². The minimum Gasteiger partial charge on any atom is -0.342 e. The minimum absolute atomic E-state index is 0. The fourth-order valence-corrected chi connectivity index (χ4v) is 4.44. The van der Waals surface area contributed by atoms with E-state index in [-0.39, 0.29) is 48.2 Å². The van der Waals surface area contributed by atoms with Crippen LogP contribution in [0.2, 0.25) is 0 Å². The lowest BCUT2D eigenvalue weighted by molar-refractivity contribution is -0.138. The number of carbonyl (C=O) groups is 1. The lowest BCUT2D eigenvalue weighted by Crippen LogP contribution is -2.54. The van der Waals surface area contributed by atoms with Crippen molar-refractivity contribution in [2.45, 2.75) is 37.8 Å². The van der Waals surface area contributed by atoms with Gasteiger partial charge in [0.15, 0.2) is 0 Å². The van der Waals surface area contributed by atoms with Crippen LogP contribution in [0.25, 0.3) is 0 Å². The molecule has 1 fully saturated rings. The summed E-state index contributed by atoms with van der Waals surface area (Å²) in [5.74, 6) is 0.0188. The highest BCUT2D eigenvalue weighted by atomic mass is 35.5. The summed E-state index contributed by atoms with van der Waals surface area (Å²) in [5, 5.41) is 0. The Morgan fingerprint density at radius 1 is 1.00 bits per heavy atom. The highest BCUT2D eigenvalue weighted by Gasteiger charge is 2.40. The van der Waals surface area contributed by atoms with Crippen molar-refractivity contribution >= 4 is 30.7 Å². The predicted molar refractivity (Wildman–Crippen MR) is 129 cm³/mol. The molecule has 0 radical (unpaired) electrons. The Morgan fingerprint density at radius 3 is 1.97 bits per heavy atom. The third kappa shape index (κ3) is 5.76. The maximum Gasteiger partial charge on any atom is 0.227 e. The smallest absolute Gasteiger partial charge is 0.227 e. The number of hydrogen-bond acceptors (Lipinski definition) is 3. The van der Waals surface area contributed by atoms with Crippen LogP contribution in [-0.2, 0) is 16.8 Å². The van der Waals surface area contributed by atoms with Crippen LogP contribution in [0.1, 0.15) is 30.9 Å². The fourth-order valence-electron chi connectivity index (χ4n) is 4.44. The molecule has 4 nitrogen and oxygen atoms in total. The van der Waals surface area contributed by atoms with Gasteiger partial charge in [0.2, 0.25) is 5.91 Å². The zero-order chi connectivity index (χ0) is 20.1. The van der Waals surface area contributed by atoms with Gasteiger partial charge in [-0.2, -0.15) is 0 Å². The molecule has 0 spiro atoms. The molecule has 3 rings (SSSR count).